The van der Waals surface area contributed by atoms with Crippen molar-refractivity contribution in [1.82, 2.24) is 0 Å². The Morgan fingerprint density at radius 2 is 1.71 bits per heavy atom. The number of unbranched alkanes of at least 4 members (excludes halogenated alkanes) is 3. The average molecular weight is 241 g/mol. The lowest BCUT2D eigenvalue weighted by atomic mass is 10.1. The van der Waals surface area contributed by atoms with Crippen molar-refractivity contribution in [3.8, 4) is 0 Å². The predicted octanol–water partition coefficient (Wildman–Crippen LogP) is 4.74. The maximum atomic E-state index is 13.0. The molecule has 1 nitrogen and oxygen atoms in total. The van der Waals surface area contributed by atoms with E-state index >= 15 is 0 Å². The number of benzene rings is 1. The largest absolute Gasteiger partial charge is 0.382 e. The molecule has 0 bridgehead atoms. The van der Waals surface area contributed by atoms with Crippen LogP contribution in [0.2, 0.25) is 0 Å². The third-order valence-electron chi connectivity index (χ3n) is 2.77. The van der Waals surface area contributed by atoms with E-state index in [1.807, 2.05) is 6.92 Å². The molecule has 3 heteroatoms. The highest BCUT2D eigenvalue weighted by Gasteiger charge is 2.04. The van der Waals surface area contributed by atoms with Crippen molar-refractivity contribution < 1.29 is 8.78 Å². The van der Waals surface area contributed by atoms with E-state index in [2.05, 4.69) is 12.2 Å². The highest BCUT2D eigenvalue weighted by molar-refractivity contribution is 5.44. The van der Waals surface area contributed by atoms with E-state index in [-0.39, 0.29) is 6.04 Å². The number of nitrogens with one attached hydrogen (secondary N) is 1. The summed E-state index contributed by atoms with van der Waals surface area (Å²) >= 11 is 0. The molecule has 1 aromatic rings. The van der Waals surface area contributed by atoms with Gasteiger partial charge in [-0.15, -0.1) is 0 Å². The van der Waals surface area contributed by atoms with Gasteiger partial charge in [0.1, 0.15) is 11.6 Å². The Balaban J connectivity index is 2.36. The zero-order chi connectivity index (χ0) is 12.7. The molecule has 0 aromatic heterocycles. The summed E-state index contributed by atoms with van der Waals surface area (Å²) in [5.41, 5.74) is 0.519. The maximum Gasteiger partial charge on any atom is 0.128 e. The van der Waals surface area contributed by atoms with E-state index in [9.17, 15) is 8.78 Å². The van der Waals surface area contributed by atoms with E-state index in [0.717, 1.165) is 18.9 Å². The molecule has 1 rings (SSSR count). The molecular weight excluding hydrogens is 220 g/mol. The van der Waals surface area contributed by atoms with Crippen LogP contribution < -0.4 is 5.32 Å². The first-order valence-corrected chi connectivity index (χ1v) is 6.34. The van der Waals surface area contributed by atoms with Crippen LogP contribution in [0.4, 0.5) is 14.5 Å². The van der Waals surface area contributed by atoms with Gasteiger partial charge >= 0.3 is 0 Å². The summed E-state index contributed by atoms with van der Waals surface area (Å²) in [6.45, 7) is 4.21. The molecule has 0 saturated carbocycles. The van der Waals surface area contributed by atoms with Crippen molar-refractivity contribution in [2.24, 2.45) is 0 Å². The van der Waals surface area contributed by atoms with E-state index in [0.29, 0.717) is 5.69 Å². The van der Waals surface area contributed by atoms with Crippen molar-refractivity contribution in [2.45, 2.75) is 52.0 Å². The number of hydrogen-bond donors (Lipinski definition) is 1. The first-order chi connectivity index (χ1) is 8.11. The van der Waals surface area contributed by atoms with Gasteiger partial charge in [-0.3, -0.25) is 0 Å². The first kappa shape index (κ1) is 13.9. The maximum absolute atomic E-state index is 13.0. The van der Waals surface area contributed by atoms with Crippen molar-refractivity contribution in [1.29, 1.82) is 0 Å². The van der Waals surface area contributed by atoms with Gasteiger partial charge in [0.2, 0.25) is 0 Å². The van der Waals surface area contributed by atoms with Crippen LogP contribution in [0.5, 0.6) is 0 Å². The Bertz CT molecular complexity index is 319. The van der Waals surface area contributed by atoms with Gasteiger partial charge in [-0.2, -0.15) is 0 Å². The van der Waals surface area contributed by atoms with Gasteiger partial charge < -0.3 is 5.32 Å². The lowest BCUT2D eigenvalue weighted by Gasteiger charge is -2.15. The molecule has 0 amide bonds. The van der Waals surface area contributed by atoms with Crippen LogP contribution in [0.15, 0.2) is 18.2 Å². The van der Waals surface area contributed by atoms with E-state index in [1.165, 1.54) is 31.4 Å². The van der Waals surface area contributed by atoms with Gasteiger partial charge in [0.15, 0.2) is 0 Å². The van der Waals surface area contributed by atoms with Crippen LogP contribution in [0.3, 0.4) is 0 Å². The lowest BCUT2D eigenvalue weighted by molar-refractivity contribution is 0.578. The lowest BCUT2D eigenvalue weighted by Crippen LogP contribution is -2.15. The van der Waals surface area contributed by atoms with Crippen LogP contribution in [0, 0.1) is 11.6 Å². The zero-order valence-corrected chi connectivity index (χ0v) is 10.6. The molecular formula is C14H21F2N. The minimum absolute atomic E-state index is 0.244. The molecule has 0 aliphatic carbocycles. The molecule has 17 heavy (non-hydrogen) atoms. The number of halogens is 2. The van der Waals surface area contributed by atoms with Crippen LogP contribution in [0.25, 0.3) is 0 Å². The van der Waals surface area contributed by atoms with Crippen molar-refractivity contribution in [2.75, 3.05) is 5.32 Å². The van der Waals surface area contributed by atoms with Crippen LogP contribution >= 0.6 is 0 Å². The first-order valence-electron chi connectivity index (χ1n) is 6.34. The third-order valence-corrected chi connectivity index (χ3v) is 2.77. The second-order valence-corrected chi connectivity index (χ2v) is 4.55. The Morgan fingerprint density at radius 3 is 2.29 bits per heavy atom. The van der Waals surface area contributed by atoms with Gasteiger partial charge in [0.25, 0.3) is 0 Å². The van der Waals surface area contributed by atoms with Gasteiger partial charge in [-0.1, -0.05) is 32.6 Å². The second kappa shape index (κ2) is 7.25. The second-order valence-electron chi connectivity index (χ2n) is 4.55. The van der Waals surface area contributed by atoms with Crippen LogP contribution in [-0.2, 0) is 0 Å². The van der Waals surface area contributed by atoms with Crippen LogP contribution in [0.1, 0.15) is 46.0 Å². The summed E-state index contributed by atoms with van der Waals surface area (Å²) in [6, 6.07) is 3.78. The van der Waals surface area contributed by atoms with Crippen LogP contribution in [-0.4, -0.2) is 6.04 Å². The van der Waals surface area contributed by atoms with Crippen molar-refractivity contribution >= 4 is 5.69 Å². The summed E-state index contributed by atoms with van der Waals surface area (Å²) in [4.78, 5) is 0. The summed E-state index contributed by atoms with van der Waals surface area (Å²) < 4.78 is 25.9. The minimum Gasteiger partial charge on any atom is -0.382 e. The molecule has 1 atom stereocenters. The zero-order valence-electron chi connectivity index (χ0n) is 10.6. The molecule has 0 saturated heterocycles. The summed E-state index contributed by atoms with van der Waals surface area (Å²) in [5, 5.41) is 3.12. The molecule has 0 fully saturated rings. The third kappa shape index (κ3) is 5.66. The Labute approximate surface area is 102 Å². The fourth-order valence-corrected chi connectivity index (χ4v) is 1.87. The Kier molecular flexibility index (Phi) is 5.95. The Morgan fingerprint density at radius 1 is 1.06 bits per heavy atom. The Hall–Kier alpha value is -1.12. The monoisotopic (exact) mass is 241 g/mol. The highest BCUT2D eigenvalue weighted by Crippen LogP contribution is 2.15. The van der Waals surface area contributed by atoms with E-state index in [1.54, 1.807) is 0 Å². The molecule has 1 aromatic carbocycles. The van der Waals surface area contributed by atoms with Gasteiger partial charge in [0.05, 0.1) is 0 Å². The molecule has 0 radical (unpaired) electrons. The SMILES string of the molecule is CCCCCCC(C)Nc1cc(F)cc(F)c1. The van der Waals surface area contributed by atoms with Crippen molar-refractivity contribution in [3.05, 3.63) is 29.8 Å². The standard InChI is InChI=1S/C14H21F2N/c1-3-4-5-6-7-11(2)17-14-9-12(15)8-13(16)10-14/h8-11,17H,3-7H2,1-2H3. The molecule has 0 heterocycles. The van der Waals surface area contributed by atoms with E-state index < -0.39 is 11.6 Å². The topological polar surface area (TPSA) is 12.0 Å². The summed E-state index contributed by atoms with van der Waals surface area (Å²) in [5.74, 6) is -1.07. The smallest absolute Gasteiger partial charge is 0.128 e. The minimum atomic E-state index is -0.536. The van der Waals surface area contributed by atoms with Gasteiger partial charge in [-0.25, -0.2) is 8.78 Å². The molecule has 0 spiro atoms. The number of anilines is 1. The average Bonchev–Trinajstić information content (AvgIpc) is 2.23. The highest BCUT2D eigenvalue weighted by atomic mass is 19.1. The summed E-state index contributed by atoms with van der Waals surface area (Å²) in [6.07, 6.45) is 5.87. The molecule has 96 valence electrons. The number of hydrogen-bond acceptors (Lipinski definition) is 1. The molecule has 1 N–H and O–H groups in total. The van der Waals surface area contributed by atoms with Gasteiger partial charge in [-0.05, 0) is 25.5 Å². The van der Waals surface area contributed by atoms with Gasteiger partial charge in [0, 0.05) is 17.8 Å². The van der Waals surface area contributed by atoms with Crippen molar-refractivity contribution in [3.63, 3.8) is 0 Å². The fourth-order valence-electron chi connectivity index (χ4n) is 1.87. The fraction of sp³-hybridized carbons (Fsp3) is 0.571. The number of rotatable bonds is 7. The quantitative estimate of drug-likeness (QED) is 0.680. The molecule has 0 aliphatic heterocycles. The normalized spacial score (nSPS) is 12.5. The van der Waals surface area contributed by atoms with E-state index in [4.69, 9.17) is 0 Å². The molecule has 0 aliphatic rings. The molecule has 1 unspecified atom stereocenters. The summed E-state index contributed by atoms with van der Waals surface area (Å²) in [7, 11) is 0. The predicted molar refractivity (Wildman–Crippen MR) is 68.2 cm³/mol.